The Labute approximate surface area is 150 Å². The van der Waals surface area contributed by atoms with Crippen LogP contribution in [-0.4, -0.2) is 32.1 Å². The minimum Gasteiger partial charge on any atom is -0.484 e. The Bertz CT molecular complexity index is 568. The van der Waals surface area contributed by atoms with Gasteiger partial charge in [-0.15, -0.1) is 0 Å². The van der Waals surface area contributed by atoms with E-state index >= 15 is 0 Å². The summed E-state index contributed by atoms with van der Waals surface area (Å²) < 4.78 is 5.32. The maximum absolute atomic E-state index is 10.8. The maximum Gasteiger partial charge on any atom is 0.255 e. The third-order valence-electron chi connectivity index (χ3n) is 4.52. The number of benzene rings is 1. The number of nitrogens with one attached hydrogen (secondary N) is 2. The zero-order valence-corrected chi connectivity index (χ0v) is 15.1. The van der Waals surface area contributed by atoms with E-state index in [9.17, 15) is 4.79 Å². The van der Waals surface area contributed by atoms with Crippen molar-refractivity contribution in [3.05, 3.63) is 29.8 Å². The summed E-state index contributed by atoms with van der Waals surface area (Å²) in [5.41, 5.74) is 6.14. The topological polar surface area (TPSA) is 88.7 Å². The summed E-state index contributed by atoms with van der Waals surface area (Å²) in [6.45, 7) is 1.47. The predicted octanol–water partition coefficient (Wildman–Crippen LogP) is 2.19. The molecule has 1 fully saturated rings. The molecule has 138 valence electrons. The van der Waals surface area contributed by atoms with Crippen molar-refractivity contribution < 1.29 is 9.53 Å². The Hall–Kier alpha value is -2.24. The van der Waals surface area contributed by atoms with Crippen LogP contribution in [0.3, 0.4) is 0 Å². The quantitative estimate of drug-likeness (QED) is 0.363. The van der Waals surface area contributed by atoms with Gasteiger partial charge in [0.15, 0.2) is 12.6 Å². The zero-order valence-electron chi connectivity index (χ0n) is 15.1. The number of hydrogen-bond donors (Lipinski definition) is 3. The van der Waals surface area contributed by atoms with Crippen molar-refractivity contribution >= 4 is 11.9 Å². The van der Waals surface area contributed by atoms with Crippen molar-refractivity contribution in [1.29, 1.82) is 0 Å². The van der Waals surface area contributed by atoms with E-state index in [-0.39, 0.29) is 6.61 Å². The van der Waals surface area contributed by atoms with E-state index in [0.29, 0.717) is 12.3 Å². The minimum absolute atomic E-state index is 0.110. The van der Waals surface area contributed by atoms with Crippen LogP contribution >= 0.6 is 0 Å². The summed E-state index contributed by atoms with van der Waals surface area (Å²) >= 11 is 0. The van der Waals surface area contributed by atoms with Crippen LogP contribution in [0.2, 0.25) is 0 Å². The number of nitrogens with two attached hydrogens (primary N) is 1. The largest absolute Gasteiger partial charge is 0.484 e. The highest BCUT2D eigenvalue weighted by Crippen LogP contribution is 2.28. The number of aliphatic imine (C=N–C) groups is 1. The lowest BCUT2D eigenvalue weighted by Gasteiger charge is -2.14. The lowest BCUT2D eigenvalue weighted by atomic mass is 10.0. The Morgan fingerprint density at radius 2 is 2.12 bits per heavy atom. The number of nitrogens with zero attached hydrogens (tertiary/aromatic N) is 1. The first-order valence-corrected chi connectivity index (χ1v) is 9.12. The first-order chi connectivity index (χ1) is 12.2. The van der Waals surface area contributed by atoms with Crippen LogP contribution in [-0.2, 0) is 11.3 Å². The number of ether oxygens (including phenoxy) is 1. The molecule has 1 amide bonds. The fourth-order valence-corrected chi connectivity index (χ4v) is 3.20. The molecule has 0 aliphatic heterocycles. The van der Waals surface area contributed by atoms with Gasteiger partial charge in [0.05, 0.1) is 0 Å². The second kappa shape index (κ2) is 10.6. The molecule has 2 rings (SSSR count). The van der Waals surface area contributed by atoms with E-state index in [2.05, 4.69) is 15.6 Å². The van der Waals surface area contributed by atoms with Crippen LogP contribution < -0.4 is 21.1 Å². The normalized spacial score (nSPS) is 15.2. The van der Waals surface area contributed by atoms with E-state index in [1.807, 2.05) is 24.3 Å². The molecular formula is C19H30N4O2. The van der Waals surface area contributed by atoms with Crippen LogP contribution in [0.25, 0.3) is 0 Å². The van der Waals surface area contributed by atoms with Crippen LogP contribution in [0.5, 0.6) is 5.75 Å². The Morgan fingerprint density at radius 3 is 2.84 bits per heavy atom. The second-order valence-electron chi connectivity index (χ2n) is 6.55. The average molecular weight is 346 g/mol. The Morgan fingerprint density at radius 1 is 1.32 bits per heavy atom. The smallest absolute Gasteiger partial charge is 0.255 e. The molecular weight excluding hydrogens is 316 g/mol. The molecule has 6 nitrogen and oxygen atoms in total. The highest BCUT2D eigenvalue weighted by molar-refractivity contribution is 5.79. The van der Waals surface area contributed by atoms with Crippen molar-refractivity contribution in [2.24, 2.45) is 16.6 Å². The Kier molecular flexibility index (Phi) is 8.09. The molecule has 0 atom stereocenters. The number of amides is 1. The van der Waals surface area contributed by atoms with E-state index in [0.717, 1.165) is 24.0 Å². The van der Waals surface area contributed by atoms with E-state index in [4.69, 9.17) is 10.5 Å². The molecule has 0 bridgehead atoms. The molecule has 4 N–H and O–H groups in total. The molecule has 1 aliphatic rings. The van der Waals surface area contributed by atoms with Gasteiger partial charge in [0.2, 0.25) is 0 Å². The van der Waals surface area contributed by atoms with Crippen LogP contribution in [0, 0.1) is 5.92 Å². The number of rotatable bonds is 9. The molecule has 0 aromatic heterocycles. The number of primary amides is 1. The van der Waals surface area contributed by atoms with Crippen molar-refractivity contribution in [2.45, 2.75) is 45.1 Å². The summed E-state index contributed by atoms with van der Waals surface area (Å²) in [5.74, 6) is 1.89. The highest BCUT2D eigenvalue weighted by Gasteiger charge is 2.13. The fourth-order valence-electron chi connectivity index (χ4n) is 3.20. The molecule has 1 aromatic carbocycles. The summed E-state index contributed by atoms with van der Waals surface area (Å²) in [6.07, 6.45) is 8.11. The van der Waals surface area contributed by atoms with Crippen molar-refractivity contribution in [3.8, 4) is 5.75 Å². The van der Waals surface area contributed by atoms with Crippen molar-refractivity contribution in [1.82, 2.24) is 10.6 Å². The van der Waals surface area contributed by atoms with Crippen LogP contribution in [0.4, 0.5) is 0 Å². The molecule has 0 spiro atoms. The molecule has 1 aromatic rings. The van der Waals surface area contributed by atoms with Gasteiger partial charge in [0, 0.05) is 20.1 Å². The highest BCUT2D eigenvalue weighted by atomic mass is 16.5. The van der Waals surface area contributed by atoms with Gasteiger partial charge < -0.3 is 21.1 Å². The van der Waals surface area contributed by atoms with Gasteiger partial charge in [-0.05, 0) is 36.5 Å². The average Bonchev–Trinajstić information content (AvgIpc) is 3.13. The minimum atomic E-state index is -0.481. The van der Waals surface area contributed by atoms with Gasteiger partial charge in [-0.1, -0.05) is 37.8 Å². The van der Waals surface area contributed by atoms with E-state index in [1.54, 1.807) is 7.05 Å². The van der Waals surface area contributed by atoms with Crippen molar-refractivity contribution in [2.75, 3.05) is 20.2 Å². The van der Waals surface area contributed by atoms with E-state index in [1.165, 1.54) is 38.5 Å². The number of hydrogen-bond acceptors (Lipinski definition) is 3. The third kappa shape index (κ3) is 7.45. The van der Waals surface area contributed by atoms with Gasteiger partial charge in [-0.2, -0.15) is 0 Å². The van der Waals surface area contributed by atoms with Gasteiger partial charge in [0.1, 0.15) is 5.75 Å². The lowest BCUT2D eigenvalue weighted by molar-refractivity contribution is -0.119. The molecule has 1 aliphatic carbocycles. The molecule has 0 saturated heterocycles. The van der Waals surface area contributed by atoms with Crippen molar-refractivity contribution in [3.63, 3.8) is 0 Å². The predicted molar refractivity (Wildman–Crippen MR) is 101 cm³/mol. The molecule has 25 heavy (non-hydrogen) atoms. The third-order valence-corrected chi connectivity index (χ3v) is 4.52. The van der Waals surface area contributed by atoms with Crippen LogP contribution in [0.15, 0.2) is 29.3 Å². The number of carbonyl (C=O) groups excluding carboxylic acids is 1. The van der Waals surface area contributed by atoms with Gasteiger partial charge in [0.25, 0.3) is 5.91 Å². The first kappa shape index (κ1) is 19.1. The number of guanidine groups is 1. The SMILES string of the molecule is CN=C(NCCCC1CCCC1)NCc1cccc(OCC(N)=O)c1. The van der Waals surface area contributed by atoms with E-state index < -0.39 is 5.91 Å². The summed E-state index contributed by atoms with van der Waals surface area (Å²) in [6, 6.07) is 7.59. The van der Waals surface area contributed by atoms with Gasteiger partial charge in [-0.3, -0.25) is 9.79 Å². The molecule has 6 heteroatoms. The number of carbonyl (C=O) groups is 1. The second-order valence-corrected chi connectivity index (χ2v) is 6.55. The van der Waals surface area contributed by atoms with Crippen LogP contribution in [0.1, 0.15) is 44.1 Å². The summed E-state index contributed by atoms with van der Waals surface area (Å²) in [5, 5.41) is 6.66. The standard InChI is InChI=1S/C19H30N4O2/c1-21-19(22-11-5-9-15-6-2-3-7-15)23-13-16-8-4-10-17(12-16)25-14-18(20)24/h4,8,10,12,15H,2-3,5-7,9,11,13-14H2,1H3,(H2,20,24)(H2,21,22,23). The Balaban J connectivity index is 1.68. The molecule has 1 saturated carbocycles. The summed E-state index contributed by atoms with van der Waals surface area (Å²) in [7, 11) is 1.78. The monoisotopic (exact) mass is 346 g/mol. The molecule has 0 heterocycles. The maximum atomic E-state index is 10.8. The lowest BCUT2D eigenvalue weighted by Crippen LogP contribution is -2.37. The summed E-state index contributed by atoms with van der Waals surface area (Å²) in [4.78, 5) is 15.0. The molecule has 0 radical (unpaired) electrons. The van der Waals surface area contributed by atoms with Gasteiger partial charge >= 0.3 is 0 Å². The molecule has 0 unspecified atom stereocenters. The van der Waals surface area contributed by atoms with Gasteiger partial charge in [-0.25, -0.2) is 0 Å². The zero-order chi connectivity index (χ0) is 17.9. The first-order valence-electron chi connectivity index (χ1n) is 9.12. The fraction of sp³-hybridized carbons (Fsp3) is 0.579.